The lowest BCUT2D eigenvalue weighted by Gasteiger charge is -2.17. The number of amides is 1. The molecular formula is C18H15FN4O2. The van der Waals surface area contributed by atoms with E-state index in [4.69, 9.17) is 4.52 Å². The van der Waals surface area contributed by atoms with Crippen LogP contribution in [0.3, 0.4) is 0 Å². The standard InChI is InChI=1S/C18H15FN4O2/c1-11-4-5-14(19)15(7-11)23-10-13(8-16(23)24)18-21-17(22-25-18)12-3-2-6-20-9-12/h2-7,9,13H,8,10H2,1H3. The van der Waals surface area contributed by atoms with Crippen molar-refractivity contribution in [2.75, 3.05) is 11.4 Å². The molecular weight excluding hydrogens is 323 g/mol. The van der Waals surface area contributed by atoms with E-state index in [2.05, 4.69) is 15.1 Å². The maximum Gasteiger partial charge on any atom is 0.232 e. The van der Waals surface area contributed by atoms with E-state index in [1.165, 1.54) is 11.0 Å². The maximum atomic E-state index is 14.1. The Morgan fingerprint density at radius 3 is 3.00 bits per heavy atom. The number of rotatable bonds is 3. The highest BCUT2D eigenvalue weighted by Crippen LogP contribution is 2.33. The van der Waals surface area contributed by atoms with Crippen LogP contribution in [0.4, 0.5) is 10.1 Å². The van der Waals surface area contributed by atoms with Gasteiger partial charge in [-0.1, -0.05) is 11.2 Å². The number of benzene rings is 1. The summed E-state index contributed by atoms with van der Waals surface area (Å²) in [4.78, 5) is 22.2. The molecule has 3 heterocycles. The first-order valence-electron chi connectivity index (χ1n) is 7.92. The highest BCUT2D eigenvalue weighted by Gasteiger charge is 2.36. The Balaban J connectivity index is 1.59. The van der Waals surface area contributed by atoms with Crippen molar-refractivity contribution in [3.63, 3.8) is 0 Å². The molecule has 1 saturated heterocycles. The number of hydrogen-bond donors (Lipinski definition) is 0. The predicted molar refractivity (Wildman–Crippen MR) is 88.4 cm³/mol. The Morgan fingerprint density at radius 1 is 1.32 bits per heavy atom. The van der Waals surface area contributed by atoms with Gasteiger partial charge in [0, 0.05) is 30.9 Å². The normalized spacial score (nSPS) is 17.3. The van der Waals surface area contributed by atoms with Crippen LogP contribution in [0.2, 0.25) is 0 Å². The number of nitrogens with zero attached hydrogens (tertiary/aromatic N) is 4. The van der Waals surface area contributed by atoms with Gasteiger partial charge in [-0.25, -0.2) is 4.39 Å². The van der Waals surface area contributed by atoms with Crippen LogP contribution >= 0.6 is 0 Å². The van der Waals surface area contributed by atoms with Crippen LogP contribution in [0, 0.1) is 12.7 Å². The van der Waals surface area contributed by atoms with Gasteiger partial charge in [0.15, 0.2) is 0 Å². The van der Waals surface area contributed by atoms with Crippen molar-refractivity contribution in [2.24, 2.45) is 0 Å². The molecule has 1 unspecified atom stereocenters. The third kappa shape index (κ3) is 2.88. The van der Waals surface area contributed by atoms with Gasteiger partial charge >= 0.3 is 0 Å². The van der Waals surface area contributed by atoms with Gasteiger partial charge < -0.3 is 9.42 Å². The topological polar surface area (TPSA) is 72.1 Å². The molecule has 7 heteroatoms. The molecule has 1 aromatic carbocycles. The Hall–Kier alpha value is -3.09. The van der Waals surface area contributed by atoms with Crippen LogP contribution in [0.1, 0.15) is 23.8 Å². The first-order valence-corrected chi connectivity index (χ1v) is 7.92. The molecule has 4 rings (SSSR count). The van der Waals surface area contributed by atoms with E-state index in [0.29, 0.717) is 23.9 Å². The van der Waals surface area contributed by atoms with Gasteiger partial charge in [-0.05, 0) is 36.8 Å². The largest absolute Gasteiger partial charge is 0.339 e. The molecule has 0 spiro atoms. The Bertz CT molecular complexity index is 926. The zero-order chi connectivity index (χ0) is 17.4. The molecule has 6 nitrogen and oxygen atoms in total. The number of aromatic nitrogens is 3. The van der Waals surface area contributed by atoms with Crippen molar-refractivity contribution < 1.29 is 13.7 Å². The number of carbonyl (C=O) groups is 1. The van der Waals surface area contributed by atoms with Crippen molar-refractivity contribution in [1.82, 2.24) is 15.1 Å². The molecule has 25 heavy (non-hydrogen) atoms. The smallest absolute Gasteiger partial charge is 0.232 e. The number of halogens is 1. The first kappa shape index (κ1) is 15.4. The summed E-state index contributed by atoms with van der Waals surface area (Å²) in [7, 11) is 0. The molecule has 0 aliphatic carbocycles. The summed E-state index contributed by atoms with van der Waals surface area (Å²) in [6.07, 6.45) is 3.51. The lowest BCUT2D eigenvalue weighted by molar-refractivity contribution is -0.117. The van der Waals surface area contributed by atoms with Crippen LogP contribution in [-0.2, 0) is 4.79 Å². The lowest BCUT2D eigenvalue weighted by Crippen LogP contribution is -2.25. The summed E-state index contributed by atoms with van der Waals surface area (Å²) in [5.41, 5.74) is 1.92. The third-order valence-corrected chi connectivity index (χ3v) is 4.23. The molecule has 0 bridgehead atoms. The van der Waals surface area contributed by atoms with Crippen LogP contribution in [0.25, 0.3) is 11.4 Å². The fourth-order valence-corrected chi connectivity index (χ4v) is 2.95. The maximum absolute atomic E-state index is 14.1. The van der Waals surface area contributed by atoms with Gasteiger partial charge in [-0.3, -0.25) is 9.78 Å². The van der Waals surface area contributed by atoms with E-state index in [0.717, 1.165) is 11.1 Å². The van der Waals surface area contributed by atoms with E-state index in [9.17, 15) is 9.18 Å². The Labute approximate surface area is 143 Å². The van der Waals surface area contributed by atoms with E-state index >= 15 is 0 Å². The Kier molecular flexibility index (Phi) is 3.76. The van der Waals surface area contributed by atoms with Crippen LogP contribution in [0.5, 0.6) is 0 Å². The highest BCUT2D eigenvalue weighted by atomic mass is 19.1. The molecule has 1 aliphatic rings. The molecule has 3 aromatic rings. The predicted octanol–water partition coefficient (Wildman–Crippen LogP) is 3.10. The van der Waals surface area contributed by atoms with E-state index < -0.39 is 5.82 Å². The zero-order valence-electron chi connectivity index (χ0n) is 13.5. The monoisotopic (exact) mass is 338 g/mol. The van der Waals surface area contributed by atoms with Crippen molar-refractivity contribution in [3.8, 4) is 11.4 Å². The third-order valence-electron chi connectivity index (χ3n) is 4.23. The van der Waals surface area contributed by atoms with Gasteiger partial charge in [0.25, 0.3) is 0 Å². The number of anilines is 1. The Morgan fingerprint density at radius 2 is 2.20 bits per heavy atom. The van der Waals surface area contributed by atoms with E-state index in [1.807, 2.05) is 13.0 Å². The number of pyridine rings is 1. The van der Waals surface area contributed by atoms with Gasteiger partial charge in [0.05, 0.1) is 11.6 Å². The van der Waals surface area contributed by atoms with Crippen molar-refractivity contribution in [1.29, 1.82) is 0 Å². The summed E-state index contributed by atoms with van der Waals surface area (Å²) in [6.45, 7) is 2.17. The molecule has 1 atom stereocenters. The van der Waals surface area contributed by atoms with Crippen LogP contribution in [0.15, 0.2) is 47.2 Å². The first-order chi connectivity index (χ1) is 12.1. The van der Waals surface area contributed by atoms with Crippen molar-refractivity contribution in [3.05, 3.63) is 60.0 Å². The number of aryl methyl sites for hydroxylation is 1. The average molecular weight is 338 g/mol. The second-order valence-electron chi connectivity index (χ2n) is 6.06. The summed E-state index contributed by atoms with van der Waals surface area (Å²) in [5, 5.41) is 3.96. The molecule has 0 N–H and O–H groups in total. The highest BCUT2D eigenvalue weighted by molar-refractivity contribution is 5.96. The SMILES string of the molecule is Cc1ccc(F)c(N2CC(c3nc(-c4cccnc4)no3)CC2=O)c1. The molecule has 0 radical (unpaired) electrons. The van der Waals surface area contributed by atoms with Gasteiger partial charge in [0.1, 0.15) is 5.82 Å². The molecule has 1 fully saturated rings. The minimum absolute atomic E-state index is 0.157. The van der Waals surface area contributed by atoms with Crippen molar-refractivity contribution in [2.45, 2.75) is 19.3 Å². The molecule has 2 aromatic heterocycles. The fraction of sp³-hybridized carbons (Fsp3) is 0.222. The minimum atomic E-state index is -0.416. The van der Waals surface area contributed by atoms with Gasteiger partial charge in [-0.2, -0.15) is 4.98 Å². The van der Waals surface area contributed by atoms with E-state index in [-0.39, 0.29) is 18.2 Å². The zero-order valence-corrected chi connectivity index (χ0v) is 13.5. The van der Waals surface area contributed by atoms with Crippen molar-refractivity contribution >= 4 is 11.6 Å². The number of hydrogen-bond acceptors (Lipinski definition) is 5. The van der Waals surface area contributed by atoms with E-state index in [1.54, 1.807) is 30.6 Å². The number of carbonyl (C=O) groups excluding carboxylic acids is 1. The minimum Gasteiger partial charge on any atom is -0.339 e. The van der Waals surface area contributed by atoms with Gasteiger partial charge in [0.2, 0.25) is 17.6 Å². The average Bonchev–Trinajstić information content (AvgIpc) is 3.25. The second-order valence-corrected chi connectivity index (χ2v) is 6.06. The van der Waals surface area contributed by atoms with Crippen LogP contribution < -0.4 is 4.90 Å². The molecule has 126 valence electrons. The summed E-state index contributed by atoms with van der Waals surface area (Å²) < 4.78 is 19.4. The quantitative estimate of drug-likeness (QED) is 0.734. The summed E-state index contributed by atoms with van der Waals surface area (Å²) in [5.74, 6) is -0.0272. The molecule has 1 amide bonds. The summed E-state index contributed by atoms with van der Waals surface area (Å²) in [6, 6.07) is 8.33. The second kappa shape index (κ2) is 6.08. The summed E-state index contributed by atoms with van der Waals surface area (Å²) >= 11 is 0. The molecule has 0 saturated carbocycles. The molecule has 1 aliphatic heterocycles. The van der Waals surface area contributed by atoms with Gasteiger partial charge in [-0.15, -0.1) is 0 Å². The fourth-order valence-electron chi connectivity index (χ4n) is 2.95. The van der Waals surface area contributed by atoms with Crippen LogP contribution in [-0.4, -0.2) is 27.6 Å². The lowest BCUT2D eigenvalue weighted by atomic mass is 10.1.